The summed E-state index contributed by atoms with van der Waals surface area (Å²) in [7, 11) is 0. The number of aromatic amines is 1. The van der Waals surface area contributed by atoms with E-state index in [1.54, 1.807) is 17.5 Å². The van der Waals surface area contributed by atoms with Crippen molar-refractivity contribution in [1.29, 1.82) is 0 Å². The van der Waals surface area contributed by atoms with Gasteiger partial charge >= 0.3 is 0 Å². The number of anilines is 1. The summed E-state index contributed by atoms with van der Waals surface area (Å²) < 4.78 is 0. The van der Waals surface area contributed by atoms with E-state index < -0.39 is 0 Å². The van der Waals surface area contributed by atoms with E-state index in [4.69, 9.17) is 11.6 Å². The minimum atomic E-state index is -0.126. The van der Waals surface area contributed by atoms with Crippen molar-refractivity contribution in [1.82, 2.24) is 15.0 Å². The summed E-state index contributed by atoms with van der Waals surface area (Å²) in [6.07, 6.45) is 6.81. The van der Waals surface area contributed by atoms with E-state index >= 15 is 0 Å². The number of hydrogen-bond donors (Lipinski definition) is 2. The molecule has 1 aliphatic rings. The molecule has 1 amide bonds. The van der Waals surface area contributed by atoms with Crippen LogP contribution in [0.4, 0.5) is 5.13 Å². The lowest BCUT2D eigenvalue weighted by Gasteiger charge is -2.09. The molecule has 0 atom stereocenters. The Morgan fingerprint density at radius 1 is 1.24 bits per heavy atom. The molecule has 3 heterocycles. The number of aryl methyl sites for hydroxylation is 2. The van der Waals surface area contributed by atoms with Gasteiger partial charge in [0, 0.05) is 27.4 Å². The number of nitrogens with one attached hydrogen (secondary N) is 2. The number of aromatic nitrogens is 3. The minimum absolute atomic E-state index is 0.0607. The van der Waals surface area contributed by atoms with E-state index in [1.165, 1.54) is 40.0 Å². The Kier molecular flexibility index (Phi) is 6.82. The van der Waals surface area contributed by atoms with Crippen LogP contribution in [0, 0.1) is 0 Å². The highest BCUT2D eigenvalue weighted by molar-refractivity contribution is 7.99. The van der Waals surface area contributed by atoms with E-state index in [0.717, 1.165) is 46.3 Å². The van der Waals surface area contributed by atoms with Crippen molar-refractivity contribution < 1.29 is 4.79 Å². The zero-order valence-electron chi connectivity index (χ0n) is 17.7. The van der Waals surface area contributed by atoms with Gasteiger partial charge in [0.1, 0.15) is 10.7 Å². The molecule has 0 unspecified atom stereocenters. The zero-order chi connectivity index (χ0) is 22.8. The summed E-state index contributed by atoms with van der Waals surface area (Å²) in [5.74, 6) is 1.21. The monoisotopic (exact) mass is 516 g/mol. The van der Waals surface area contributed by atoms with Gasteiger partial charge in [-0.2, -0.15) is 0 Å². The van der Waals surface area contributed by atoms with Crippen LogP contribution < -0.4 is 10.9 Å². The van der Waals surface area contributed by atoms with Crippen LogP contribution in [0.1, 0.15) is 39.5 Å². The van der Waals surface area contributed by atoms with Crippen LogP contribution in [0.3, 0.4) is 0 Å². The lowest BCUT2D eigenvalue weighted by Crippen LogP contribution is -2.15. The Labute approximate surface area is 207 Å². The number of thiophene rings is 1. The van der Waals surface area contributed by atoms with Crippen molar-refractivity contribution in [2.75, 3.05) is 11.1 Å². The predicted octanol–water partition coefficient (Wildman–Crippen LogP) is 5.44. The molecule has 0 saturated carbocycles. The third-order valence-corrected chi connectivity index (χ3v) is 8.69. The number of fused-ring (bicyclic) bond motifs is 3. The first-order valence-electron chi connectivity index (χ1n) is 10.7. The van der Waals surface area contributed by atoms with Gasteiger partial charge in [0.05, 0.1) is 16.9 Å². The second kappa shape index (κ2) is 9.97. The second-order valence-electron chi connectivity index (χ2n) is 7.88. The molecule has 0 radical (unpaired) electrons. The van der Waals surface area contributed by atoms with Crippen LogP contribution in [0.15, 0.2) is 35.3 Å². The molecule has 33 heavy (non-hydrogen) atoms. The van der Waals surface area contributed by atoms with E-state index in [9.17, 15) is 9.59 Å². The molecule has 0 fully saturated rings. The van der Waals surface area contributed by atoms with E-state index in [2.05, 4.69) is 20.3 Å². The Hall–Kier alpha value is -2.20. The maximum atomic E-state index is 12.6. The average molecular weight is 517 g/mol. The highest BCUT2D eigenvalue weighted by atomic mass is 35.5. The molecule has 1 aliphatic carbocycles. The van der Waals surface area contributed by atoms with E-state index in [1.807, 2.05) is 24.3 Å². The van der Waals surface area contributed by atoms with Gasteiger partial charge < -0.3 is 10.3 Å². The topological polar surface area (TPSA) is 87.7 Å². The molecule has 1 aromatic carbocycles. The fourth-order valence-corrected chi connectivity index (χ4v) is 7.01. The lowest BCUT2D eigenvalue weighted by molar-refractivity contribution is -0.113. The molecule has 10 heteroatoms. The number of halogens is 1. The summed E-state index contributed by atoms with van der Waals surface area (Å²) in [6.45, 7) is 0. The number of benzene rings is 1. The minimum Gasteiger partial charge on any atom is -0.309 e. The molecule has 0 bridgehead atoms. The van der Waals surface area contributed by atoms with Crippen molar-refractivity contribution in [2.45, 2.75) is 37.9 Å². The van der Waals surface area contributed by atoms with Crippen molar-refractivity contribution in [3.63, 3.8) is 0 Å². The van der Waals surface area contributed by atoms with Gasteiger partial charge in [-0.15, -0.1) is 34.4 Å². The molecule has 0 aliphatic heterocycles. The molecule has 5 rings (SSSR count). The van der Waals surface area contributed by atoms with Crippen LogP contribution in [-0.4, -0.2) is 26.6 Å². The Morgan fingerprint density at radius 2 is 2.12 bits per heavy atom. The third-order valence-electron chi connectivity index (χ3n) is 5.41. The zero-order valence-corrected chi connectivity index (χ0v) is 20.9. The highest BCUT2D eigenvalue weighted by Gasteiger charge is 2.19. The van der Waals surface area contributed by atoms with Crippen LogP contribution in [-0.2, 0) is 29.8 Å². The van der Waals surface area contributed by atoms with Crippen molar-refractivity contribution in [2.24, 2.45) is 0 Å². The van der Waals surface area contributed by atoms with Crippen LogP contribution >= 0.6 is 46.0 Å². The van der Waals surface area contributed by atoms with Crippen LogP contribution in [0.25, 0.3) is 10.2 Å². The van der Waals surface area contributed by atoms with E-state index in [-0.39, 0.29) is 17.2 Å². The summed E-state index contributed by atoms with van der Waals surface area (Å²) in [5, 5.41) is 4.90. The van der Waals surface area contributed by atoms with Gasteiger partial charge in [0.2, 0.25) is 5.91 Å². The van der Waals surface area contributed by atoms with Gasteiger partial charge in [0.25, 0.3) is 5.56 Å². The normalized spacial score (nSPS) is 13.2. The molecular formula is C23H21ClN4O2S3. The molecule has 4 aromatic rings. The fraction of sp³-hybridized carbons (Fsp3) is 0.304. The summed E-state index contributed by atoms with van der Waals surface area (Å²) in [6, 6.07) is 7.71. The number of nitrogens with zero attached hydrogens (tertiary/aromatic N) is 2. The van der Waals surface area contributed by atoms with Gasteiger partial charge in [-0.25, -0.2) is 9.97 Å². The Balaban J connectivity index is 1.15. The van der Waals surface area contributed by atoms with Crippen molar-refractivity contribution in [3.05, 3.63) is 72.5 Å². The molecule has 2 N–H and O–H groups in total. The predicted molar refractivity (Wildman–Crippen MR) is 138 cm³/mol. The number of hydrogen-bond acceptors (Lipinski definition) is 7. The largest absolute Gasteiger partial charge is 0.309 e. The van der Waals surface area contributed by atoms with Crippen molar-refractivity contribution >= 4 is 67.3 Å². The first kappa shape index (κ1) is 22.6. The smallest absolute Gasteiger partial charge is 0.259 e. The number of thioether (sulfide) groups is 1. The molecule has 6 nitrogen and oxygen atoms in total. The van der Waals surface area contributed by atoms with Gasteiger partial charge in [0.15, 0.2) is 5.13 Å². The first-order valence-corrected chi connectivity index (χ1v) is 13.8. The molecule has 3 aromatic heterocycles. The molecular weight excluding hydrogens is 496 g/mol. The number of carbonyl (C=O) groups excluding carboxylic acids is 1. The lowest BCUT2D eigenvalue weighted by atomic mass is 9.97. The highest BCUT2D eigenvalue weighted by Crippen LogP contribution is 2.33. The molecule has 0 saturated heterocycles. The average Bonchev–Trinajstić information content (AvgIpc) is 3.37. The van der Waals surface area contributed by atoms with Crippen molar-refractivity contribution in [3.8, 4) is 0 Å². The second-order valence-corrected chi connectivity index (χ2v) is 11.5. The number of carbonyl (C=O) groups is 1. The standard InChI is InChI=1S/C23H21ClN4O2S3/c24-14-5-3-4-13(8-14)9-15-10-25-23(32-15)28-19(29)12-31-11-18-26-21(30)20-16-6-1-2-7-17(16)33-22(20)27-18/h3-5,8,10H,1-2,6-7,9,11-12H2,(H,25,28,29)(H,26,27,30). The number of amides is 1. The van der Waals surface area contributed by atoms with Crippen LogP contribution in [0.5, 0.6) is 0 Å². The summed E-state index contributed by atoms with van der Waals surface area (Å²) in [4.78, 5) is 40.0. The fourth-order valence-electron chi connectivity index (χ4n) is 3.97. The summed E-state index contributed by atoms with van der Waals surface area (Å²) in [5.41, 5.74) is 2.23. The van der Waals surface area contributed by atoms with Crippen LogP contribution in [0.2, 0.25) is 5.02 Å². The molecule has 0 spiro atoms. The van der Waals surface area contributed by atoms with Gasteiger partial charge in [-0.1, -0.05) is 23.7 Å². The van der Waals surface area contributed by atoms with Gasteiger partial charge in [-0.05, 0) is 48.9 Å². The SMILES string of the molecule is O=C(CSCc1nc2sc3c(c2c(=O)[nH]1)CCCC3)Nc1ncc(Cc2cccc(Cl)c2)s1. The first-order chi connectivity index (χ1) is 16.0. The maximum Gasteiger partial charge on any atom is 0.259 e. The third kappa shape index (κ3) is 5.32. The maximum absolute atomic E-state index is 12.6. The Morgan fingerprint density at radius 3 is 3.00 bits per heavy atom. The number of rotatable bonds is 7. The van der Waals surface area contributed by atoms with E-state index in [0.29, 0.717) is 21.7 Å². The number of H-pyrrole nitrogens is 1. The number of thiazole rings is 1. The van der Waals surface area contributed by atoms with Gasteiger partial charge in [-0.3, -0.25) is 9.59 Å². The molecule has 170 valence electrons. The summed E-state index contributed by atoms with van der Waals surface area (Å²) >= 11 is 10.6. The quantitative estimate of drug-likeness (QED) is 0.341. The Bertz CT molecular complexity index is 1380.